The fourth-order valence-corrected chi connectivity index (χ4v) is 5.16. The Hall–Kier alpha value is -4.79. The molecule has 0 aliphatic carbocycles. The molecule has 9 heteroatoms. The monoisotopic (exact) mass is 508 g/mol. The number of carbonyl (C=O) groups excluding carboxylic acids is 2. The van der Waals surface area contributed by atoms with Crippen molar-refractivity contribution in [3.8, 4) is 5.69 Å². The molecule has 5 aromatic rings. The summed E-state index contributed by atoms with van der Waals surface area (Å²) in [6, 6.07) is 22.3. The average molecular weight is 509 g/mol. The van der Waals surface area contributed by atoms with Crippen molar-refractivity contribution in [3.05, 3.63) is 108 Å². The summed E-state index contributed by atoms with van der Waals surface area (Å²) in [6.07, 6.45) is 3.43. The molecule has 1 unspecified atom stereocenters. The van der Waals surface area contributed by atoms with Gasteiger partial charge in [-0.3, -0.25) is 14.3 Å². The Morgan fingerprint density at radius 3 is 2.42 bits per heavy atom. The van der Waals surface area contributed by atoms with Crippen molar-refractivity contribution in [2.75, 3.05) is 4.90 Å². The van der Waals surface area contributed by atoms with Crippen LogP contribution in [0.15, 0.2) is 91.3 Å². The van der Waals surface area contributed by atoms with E-state index in [1.54, 1.807) is 51.9 Å². The third-order valence-electron chi connectivity index (χ3n) is 7.07. The van der Waals surface area contributed by atoms with Crippen LogP contribution in [-0.2, 0) is 11.8 Å². The summed E-state index contributed by atoms with van der Waals surface area (Å²) < 4.78 is 16.7. The molecule has 1 aliphatic rings. The average Bonchev–Trinajstić information content (AvgIpc) is 3.62. The lowest BCUT2D eigenvalue weighted by atomic mass is 9.94. The molecule has 1 saturated heterocycles. The number of halogens is 1. The van der Waals surface area contributed by atoms with E-state index in [9.17, 15) is 14.0 Å². The van der Waals surface area contributed by atoms with Gasteiger partial charge in [-0.05, 0) is 54.1 Å². The number of aromatic nitrogens is 4. The third-order valence-corrected chi connectivity index (χ3v) is 7.07. The van der Waals surface area contributed by atoms with Gasteiger partial charge in [0.15, 0.2) is 0 Å². The third kappa shape index (κ3) is 4.02. The second-order valence-corrected chi connectivity index (χ2v) is 9.50. The molecule has 6 rings (SSSR count). The Labute approximate surface area is 218 Å². The molecule has 2 amide bonds. The Morgan fingerprint density at radius 1 is 0.974 bits per heavy atom. The first kappa shape index (κ1) is 23.6. The molecule has 3 heterocycles. The van der Waals surface area contributed by atoms with E-state index in [2.05, 4.69) is 15.5 Å². The molecule has 1 fully saturated rings. The van der Waals surface area contributed by atoms with Crippen molar-refractivity contribution in [1.29, 1.82) is 0 Å². The van der Waals surface area contributed by atoms with E-state index < -0.39 is 18.0 Å². The minimum Gasteiger partial charge on any atom is -0.345 e. The minimum atomic E-state index is -0.475. The predicted octanol–water partition coefficient (Wildman–Crippen LogP) is 4.42. The van der Waals surface area contributed by atoms with E-state index >= 15 is 0 Å². The van der Waals surface area contributed by atoms with E-state index in [-0.39, 0.29) is 17.6 Å². The summed E-state index contributed by atoms with van der Waals surface area (Å²) in [5.74, 6) is -1.19. The van der Waals surface area contributed by atoms with Crippen LogP contribution in [0.2, 0.25) is 0 Å². The zero-order chi connectivity index (χ0) is 26.4. The van der Waals surface area contributed by atoms with E-state index in [0.29, 0.717) is 11.4 Å². The van der Waals surface area contributed by atoms with Crippen molar-refractivity contribution in [2.45, 2.75) is 19.0 Å². The Morgan fingerprint density at radius 2 is 1.71 bits per heavy atom. The van der Waals surface area contributed by atoms with Gasteiger partial charge < -0.3 is 10.2 Å². The Bertz CT molecular complexity index is 1640. The number of rotatable bonds is 5. The van der Waals surface area contributed by atoms with E-state index in [4.69, 9.17) is 0 Å². The van der Waals surface area contributed by atoms with Crippen LogP contribution in [0.1, 0.15) is 29.0 Å². The molecule has 190 valence electrons. The number of carbonyl (C=O) groups is 2. The molecular weight excluding hydrogens is 483 g/mol. The van der Waals surface area contributed by atoms with Crippen LogP contribution in [0.25, 0.3) is 16.6 Å². The molecule has 2 aromatic heterocycles. The number of benzene rings is 3. The number of nitrogens with one attached hydrogen (secondary N) is 1. The van der Waals surface area contributed by atoms with Gasteiger partial charge in [0.2, 0.25) is 5.91 Å². The summed E-state index contributed by atoms with van der Waals surface area (Å²) in [7, 11) is 1.75. The highest BCUT2D eigenvalue weighted by molar-refractivity contribution is 6.02. The van der Waals surface area contributed by atoms with Crippen LogP contribution in [-0.4, -0.2) is 37.4 Å². The summed E-state index contributed by atoms with van der Waals surface area (Å²) in [4.78, 5) is 28.5. The van der Waals surface area contributed by atoms with Gasteiger partial charge in [0.1, 0.15) is 11.5 Å². The van der Waals surface area contributed by atoms with Gasteiger partial charge in [0, 0.05) is 24.3 Å². The van der Waals surface area contributed by atoms with Gasteiger partial charge in [0.05, 0.1) is 35.4 Å². The molecule has 3 atom stereocenters. The number of hydrogen-bond acceptors (Lipinski definition) is 4. The summed E-state index contributed by atoms with van der Waals surface area (Å²) >= 11 is 0. The van der Waals surface area contributed by atoms with Crippen molar-refractivity contribution in [3.63, 3.8) is 0 Å². The molecule has 0 bridgehead atoms. The van der Waals surface area contributed by atoms with Crippen molar-refractivity contribution in [2.24, 2.45) is 13.0 Å². The number of nitrogens with zero attached hydrogens (tertiary/aromatic N) is 5. The number of aryl methyl sites for hydroxylation is 1. The quantitative estimate of drug-likeness (QED) is 0.381. The molecule has 3 aromatic carbocycles. The smallest absolute Gasteiger partial charge is 0.272 e. The summed E-state index contributed by atoms with van der Waals surface area (Å²) in [5.41, 5.74) is 3.48. The standard InChI is InChI=1S/C29H25FN6O2/c1-18-26(32-28(37)24-14-15-34(2)33-24)27(19-6-4-3-5-7-19)35(29(18)38)23-12-13-25-20(16-23)17-31-36(25)22-10-8-21(30)9-11-22/h3-18,26-27H,1-2H3,(H,32,37)/t18-,26?,27+/m0/s1. The van der Waals surface area contributed by atoms with E-state index in [1.165, 1.54) is 12.1 Å². The predicted molar refractivity (Wildman–Crippen MR) is 141 cm³/mol. The molecule has 38 heavy (non-hydrogen) atoms. The highest BCUT2D eigenvalue weighted by Gasteiger charge is 2.48. The molecule has 1 aliphatic heterocycles. The maximum absolute atomic E-state index is 13.7. The lowest BCUT2D eigenvalue weighted by Gasteiger charge is -2.29. The van der Waals surface area contributed by atoms with Crippen LogP contribution in [0, 0.1) is 11.7 Å². The van der Waals surface area contributed by atoms with Gasteiger partial charge >= 0.3 is 0 Å². The number of fused-ring (bicyclic) bond motifs is 1. The number of amides is 2. The van der Waals surface area contributed by atoms with Crippen LogP contribution in [0.4, 0.5) is 10.1 Å². The minimum absolute atomic E-state index is 0.0875. The fourth-order valence-electron chi connectivity index (χ4n) is 5.16. The normalized spacial score (nSPS) is 19.3. The largest absolute Gasteiger partial charge is 0.345 e. The number of hydrogen-bond donors (Lipinski definition) is 1. The van der Waals surface area contributed by atoms with Gasteiger partial charge in [-0.15, -0.1) is 0 Å². The topological polar surface area (TPSA) is 85.0 Å². The first-order chi connectivity index (χ1) is 18.4. The first-order valence-electron chi connectivity index (χ1n) is 12.3. The zero-order valence-electron chi connectivity index (χ0n) is 20.8. The van der Waals surface area contributed by atoms with E-state index in [1.807, 2.05) is 55.5 Å². The van der Waals surface area contributed by atoms with E-state index in [0.717, 1.165) is 22.2 Å². The summed E-state index contributed by atoms with van der Waals surface area (Å²) in [5, 5.41) is 12.6. The van der Waals surface area contributed by atoms with Crippen LogP contribution in [0.5, 0.6) is 0 Å². The second kappa shape index (κ2) is 9.26. The van der Waals surface area contributed by atoms with Gasteiger partial charge in [0.25, 0.3) is 5.91 Å². The van der Waals surface area contributed by atoms with Crippen molar-refractivity contribution < 1.29 is 14.0 Å². The molecule has 0 spiro atoms. The molecular formula is C29H25FN6O2. The van der Waals surface area contributed by atoms with Gasteiger partial charge in [-0.2, -0.15) is 10.2 Å². The SMILES string of the molecule is C[C@@H]1C(=O)N(c2ccc3c(cnn3-c3ccc(F)cc3)c2)[C@H](c2ccccc2)C1NC(=O)c1ccn(C)n1. The van der Waals surface area contributed by atoms with Crippen molar-refractivity contribution >= 4 is 28.4 Å². The second-order valence-electron chi connectivity index (χ2n) is 9.50. The van der Waals surface area contributed by atoms with Crippen LogP contribution in [0.3, 0.4) is 0 Å². The van der Waals surface area contributed by atoms with Crippen molar-refractivity contribution in [1.82, 2.24) is 24.9 Å². The highest BCUT2D eigenvalue weighted by atomic mass is 19.1. The van der Waals surface area contributed by atoms with Gasteiger partial charge in [-0.1, -0.05) is 37.3 Å². The molecule has 0 radical (unpaired) electrons. The Kier molecular flexibility index (Phi) is 5.75. The zero-order valence-corrected chi connectivity index (χ0v) is 20.8. The summed E-state index contributed by atoms with van der Waals surface area (Å²) in [6.45, 7) is 1.84. The number of anilines is 1. The lowest BCUT2D eigenvalue weighted by molar-refractivity contribution is -0.120. The van der Waals surface area contributed by atoms with Crippen LogP contribution >= 0.6 is 0 Å². The molecule has 8 nitrogen and oxygen atoms in total. The maximum Gasteiger partial charge on any atom is 0.272 e. The van der Waals surface area contributed by atoms with Crippen LogP contribution < -0.4 is 10.2 Å². The molecule has 1 N–H and O–H groups in total. The lowest BCUT2D eigenvalue weighted by Crippen LogP contribution is -2.42. The van der Waals surface area contributed by atoms with Gasteiger partial charge in [-0.25, -0.2) is 9.07 Å². The fraction of sp³-hybridized carbons (Fsp3) is 0.172. The first-order valence-corrected chi connectivity index (χ1v) is 12.3. The highest BCUT2D eigenvalue weighted by Crippen LogP contribution is 2.41. The Balaban J connectivity index is 1.39. The maximum atomic E-state index is 13.7. The molecule has 0 saturated carbocycles.